The van der Waals surface area contributed by atoms with Gasteiger partial charge < -0.3 is 15.7 Å². The van der Waals surface area contributed by atoms with Gasteiger partial charge in [0, 0.05) is 19.1 Å². The molecule has 3 N–H and O–H groups in total. The standard InChI is InChI=1S/C18H24N2O3/c1-4-10-19-16(22)11-17(23)20-12-15(18(2,3)13-21)14-8-6-5-7-9-14/h1,5-9,15,21H,10-13H2,2-3H3,(H,19,22)(H,20,23). The molecule has 1 aromatic carbocycles. The van der Waals surface area contributed by atoms with Gasteiger partial charge in [0.1, 0.15) is 6.42 Å². The maximum atomic E-state index is 11.9. The quantitative estimate of drug-likeness (QED) is 0.495. The molecule has 0 spiro atoms. The minimum atomic E-state index is -0.405. The Labute approximate surface area is 137 Å². The van der Waals surface area contributed by atoms with Crippen molar-refractivity contribution in [3.05, 3.63) is 35.9 Å². The molecule has 5 nitrogen and oxygen atoms in total. The van der Waals surface area contributed by atoms with Gasteiger partial charge in [-0.3, -0.25) is 9.59 Å². The minimum absolute atomic E-state index is 0.00884. The summed E-state index contributed by atoms with van der Waals surface area (Å²) in [6.45, 7) is 4.33. The number of aliphatic hydroxyl groups excluding tert-OH is 1. The average Bonchev–Trinajstić information content (AvgIpc) is 2.53. The van der Waals surface area contributed by atoms with Crippen LogP contribution in [0.3, 0.4) is 0 Å². The highest BCUT2D eigenvalue weighted by molar-refractivity contribution is 5.96. The maximum Gasteiger partial charge on any atom is 0.230 e. The molecular formula is C18H24N2O3. The van der Waals surface area contributed by atoms with Crippen molar-refractivity contribution in [3.8, 4) is 12.3 Å². The van der Waals surface area contributed by atoms with Gasteiger partial charge in [0.25, 0.3) is 0 Å². The van der Waals surface area contributed by atoms with Crippen molar-refractivity contribution in [1.29, 1.82) is 0 Å². The Bertz CT molecular complexity index is 561. The van der Waals surface area contributed by atoms with Crippen LogP contribution in [0.1, 0.15) is 31.7 Å². The summed E-state index contributed by atoms with van der Waals surface area (Å²) in [6, 6.07) is 9.69. The third-order valence-electron chi connectivity index (χ3n) is 3.76. The fourth-order valence-electron chi connectivity index (χ4n) is 2.28. The van der Waals surface area contributed by atoms with Crippen LogP contribution in [-0.2, 0) is 9.59 Å². The molecule has 1 atom stereocenters. The van der Waals surface area contributed by atoms with Crippen LogP contribution in [0.25, 0.3) is 0 Å². The predicted octanol–water partition coefficient (Wildman–Crippen LogP) is 1.04. The summed E-state index contributed by atoms with van der Waals surface area (Å²) < 4.78 is 0. The molecule has 0 bridgehead atoms. The molecule has 0 radical (unpaired) electrons. The molecule has 0 saturated carbocycles. The number of amides is 2. The SMILES string of the molecule is C#CCNC(=O)CC(=O)NCC(c1ccccc1)C(C)(C)CO. The van der Waals surface area contributed by atoms with Crippen LogP contribution in [0.4, 0.5) is 0 Å². The van der Waals surface area contributed by atoms with Crippen LogP contribution in [0, 0.1) is 17.8 Å². The number of carbonyl (C=O) groups excluding carboxylic acids is 2. The second-order valence-corrected chi connectivity index (χ2v) is 6.07. The van der Waals surface area contributed by atoms with E-state index in [1.807, 2.05) is 44.2 Å². The number of carbonyl (C=O) groups is 2. The first-order chi connectivity index (χ1) is 10.9. The summed E-state index contributed by atoms with van der Waals surface area (Å²) in [6.07, 6.45) is 4.78. The van der Waals surface area contributed by atoms with Gasteiger partial charge in [0.15, 0.2) is 0 Å². The fraction of sp³-hybridized carbons (Fsp3) is 0.444. The Hall–Kier alpha value is -2.32. The molecule has 0 aliphatic carbocycles. The fourth-order valence-corrected chi connectivity index (χ4v) is 2.28. The molecule has 0 heterocycles. The van der Waals surface area contributed by atoms with Gasteiger partial charge in [0.05, 0.1) is 6.54 Å². The highest BCUT2D eigenvalue weighted by Crippen LogP contribution is 2.34. The van der Waals surface area contributed by atoms with Crippen LogP contribution in [-0.4, -0.2) is 36.6 Å². The first-order valence-corrected chi connectivity index (χ1v) is 7.53. The van der Waals surface area contributed by atoms with E-state index >= 15 is 0 Å². The number of terminal acetylenes is 1. The monoisotopic (exact) mass is 316 g/mol. The second kappa shape index (κ2) is 8.96. The van der Waals surface area contributed by atoms with E-state index in [4.69, 9.17) is 6.42 Å². The van der Waals surface area contributed by atoms with Gasteiger partial charge in [-0.1, -0.05) is 50.1 Å². The Morgan fingerprint density at radius 3 is 2.39 bits per heavy atom. The summed E-state index contributed by atoms with van der Waals surface area (Å²) in [5.74, 6) is 1.45. The zero-order chi connectivity index (χ0) is 17.3. The Morgan fingerprint density at radius 2 is 1.83 bits per heavy atom. The van der Waals surface area contributed by atoms with E-state index in [-0.39, 0.29) is 31.4 Å². The molecule has 124 valence electrons. The van der Waals surface area contributed by atoms with E-state index in [1.54, 1.807) is 0 Å². The van der Waals surface area contributed by atoms with Gasteiger partial charge in [-0.2, -0.15) is 0 Å². The number of hydrogen-bond donors (Lipinski definition) is 3. The Kier molecular flexibility index (Phi) is 7.30. The summed E-state index contributed by atoms with van der Waals surface area (Å²) in [5, 5.41) is 14.9. The van der Waals surface area contributed by atoms with Crippen molar-refractivity contribution in [2.75, 3.05) is 19.7 Å². The summed E-state index contributed by atoms with van der Waals surface area (Å²) >= 11 is 0. The molecule has 1 rings (SSSR count). The van der Waals surface area contributed by atoms with Crippen LogP contribution >= 0.6 is 0 Å². The summed E-state index contributed by atoms with van der Waals surface area (Å²) in [7, 11) is 0. The van der Waals surface area contributed by atoms with E-state index < -0.39 is 11.3 Å². The molecule has 0 aliphatic heterocycles. The lowest BCUT2D eigenvalue weighted by Gasteiger charge is -2.33. The molecular weight excluding hydrogens is 292 g/mol. The number of benzene rings is 1. The summed E-state index contributed by atoms with van der Waals surface area (Å²) in [5.41, 5.74) is 0.629. The first-order valence-electron chi connectivity index (χ1n) is 7.53. The second-order valence-electron chi connectivity index (χ2n) is 6.07. The lowest BCUT2D eigenvalue weighted by Crippen LogP contribution is -2.38. The molecule has 23 heavy (non-hydrogen) atoms. The topological polar surface area (TPSA) is 78.4 Å². The lowest BCUT2D eigenvalue weighted by molar-refractivity contribution is -0.129. The number of hydrogen-bond acceptors (Lipinski definition) is 3. The van der Waals surface area contributed by atoms with Gasteiger partial charge in [-0.15, -0.1) is 6.42 Å². The number of rotatable bonds is 8. The van der Waals surface area contributed by atoms with E-state index in [9.17, 15) is 14.7 Å². The molecule has 2 amide bonds. The van der Waals surface area contributed by atoms with E-state index in [1.165, 1.54) is 0 Å². The molecule has 0 saturated heterocycles. The Morgan fingerprint density at radius 1 is 1.22 bits per heavy atom. The molecule has 0 fully saturated rings. The largest absolute Gasteiger partial charge is 0.396 e. The molecule has 0 aliphatic rings. The van der Waals surface area contributed by atoms with E-state index in [0.29, 0.717) is 6.54 Å². The van der Waals surface area contributed by atoms with Gasteiger partial charge in [0.2, 0.25) is 11.8 Å². The maximum absolute atomic E-state index is 11.9. The highest BCUT2D eigenvalue weighted by atomic mass is 16.3. The van der Waals surface area contributed by atoms with Crippen LogP contribution < -0.4 is 10.6 Å². The Balaban J connectivity index is 2.67. The molecule has 1 unspecified atom stereocenters. The molecule has 1 aromatic rings. The zero-order valence-electron chi connectivity index (χ0n) is 13.6. The van der Waals surface area contributed by atoms with Crippen molar-refractivity contribution < 1.29 is 14.7 Å². The first kappa shape index (κ1) is 18.7. The van der Waals surface area contributed by atoms with Crippen molar-refractivity contribution in [2.45, 2.75) is 26.2 Å². The average molecular weight is 316 g/mol. The van der Waals surface area contributed by atoms with E-state index in [0.717, 1.165) is 5.56 Å². The molecule has 0 aromatic heterocycles. The molecule has 5 heteroatoms. The van der Waals surface area contributed by atoms with Gasteiger partial charge in [-0.05, 0) is 11.0 Å². The third-order valence-corrected chi connectivity index (χ3v) is 3.76. The van der Waals surface area contributed by atoms with Crippen molar-refractivity contribution in [1.82, 2.24) is 10.6 Å². The smallest absolute Gasteiger partial charge is 0.230 e. The van der Waals surface area contributed by atoms with Crippen molar-refractivity contribution >= 4 is 11.8 Å². The predicted molar refractivity (Wildman–Crippen MR) is 89.5 cm³/mol. The third kappa shape index (κ3) is 6.13. The minimum Gasteiger partial charge on any atom is -0.396 e. The normalized spacial score (nSPS) is 12.1. The zero-order valence-corrected chi connectivity index (χ0v) is 13.6. The van der Waals surface area contributed by atoms with Crippen LogP contribution in [0.2, 0.25) is 0 Å². The highest BCUT2D eigenvalue weighted by Gasteiger charge is 2.30. The lowest BCUT2D eigenvalue weighted by atomic mass is 9.75. The van der Waals surface area contributed by atoms with Crippen LogP contribution in [0.15, 0.2) is 30.3 Å². The van der Waals surface area contributed by atoms with Gasteiger partial charge >= 0.3 is 0 Å². The number of aliphatic hydroxyl groups is 1. The van der Waals surface area contributed by atoms with E-state index in [2.05, 4.69) is 16.6 Å². The van der Waals surface area contributed by atoms with Crippen molar-refractivity contribution in [3.63, 3.8) is 0 Å². The van der Waals surface area contributed by atoms with Gasteiger partial charge in [-0.25, -0.2) is 0 Å². The number of nitrogens with one attached hydrogen (secondary N) is 2. The van der Waals surface area contributed by atoms with Crippen molar-refractivity contribution in [2.24, 2.45) is 5.41 Å². The van der Waals surface area contributed by atoms with Crippen LogP contribution in [0.5, 0.6) is 0 Å². The summed E-state index contributed by atoms with van der Waals surface area (Å²) in [4.78, 5) is 23.4.